The SMILES string of the molecule is c1ccc(-c2nc(-c3ccc4c(c3)oc3ccc5ccccc5c34)nc(-c3cccc4oc5cc6ccccc6cc5c34)n2)cc1. The highest BCUT2D eigenvalue weighted by atomic mass is 16.3. The first-order valence-electron chi connectivity index (χ1n) is 15.3. The zero-order chi connectivity index (χ0) is 30.2. The van der Waals surface area contributed by atoms with Gasteiger partial charge in [-0.2, -0.15) is 0 Å². The molecule has 0 fully saturated rings. The normalized spacial score (nSPS) is 11.9. The molecular formula is C41H23N3O2. The Labute approximate surface area is 262 Å². The molecule has 214 valence electrons. The van der Waals surface area contributed by atoms with Crippen molar-refractivity contribution in [1.29, 1.82) is 0 Å². The van der Waals surface area contributed by atoms with Gasteiger partial charge < -0.3 is 8.83 Å². The van der Waals surface area contributed by atoms with Crippen LogP contribution in [0.4, 0.5) is 0 Å². The van der Waals surface area contributed by atoms with Crippen LogP contribution in [0.2, 0.25) is 0 Å². The second-order valence-corrected chi connectivity index (χ2v) is 11.6. The molecule has 0 bridgehead atoms. The molecule has 3 aromatic heterocycles. The van der Waals surface area contributed by atoms with Gasteiger partial charge in [0.25, 0.3) is 0 Å². The summed E-state index contributed by atoms with van der Waals surface area (Å²) in [4.78, 5) is 15.1. The largest absolute Gasteiger partial charge is 0.456 e. The van der Waals surface area contributed by atoms with Crippen molar-refractivity contribution in [3.05, 3.63) is 140 Å². The summed E-state index contributed by atoms with van der Waals surface area (Å²) in [5.41, 5.74) is 5.94. The fourth-order valence-electron chi connectivity index (χ4n) is 6.73. The molecule has 0 aliphatic heterocycles. The van der Waals surface area contributed by atoms with Crippen LogP contribution in [-0.2, 0) is 0 Å². The molecule has 0 aliphatic rings. The van der Waals surface area contributed by atoms with Gasteiger partial charge >= 0.3 is 0 Å². The van der Waals surface area contributed by atoms with E-state index in [0.717, 1.165) is 71.3 Å². The van der Waals surface area contributed by atoms with Crippen molar-refractivity contribution < 1.29 is 8.83 Å². The average molecular weight is 590 g/mol. The van der Waals surface area contributed by atoms with Crippen LogP contribution >= 0.6 is 0 Å². The minimum Gasteiger partial charge on any atom is -0.456 e. The van der Waals surface area contributed by atoms with E-state index < -0.39 is 0 Å². The third kappa shape index (κ3) is 3.79. The maximum Gasteiger partial charge on any atom is 0.164 e. The van der Waals surface area contributed by atoms with Crippen LogP contribution in [0, 0.1) is 0 Å². The third-order valence-electron chi connectivity index (χ3n) is 8.89. The Morgan fingerprint density at radius 3 is 1.87 bits per heavy atom. The van der Waals surface area contributed by atoms with Crippen LogP contribution in [0.5, 0.6) is 0 Å². The summed E-state index contributed by atoms with van der Waals surface area (Å²) < 4.78 is 12.8. The van der Waals surface area contributed by atoms with Crippen LogP contribution in [-0.4, -0.2) is 15.0 Å². The fraction of sp³-hybridized carbons (Fsp3) is 0. The lowest BCUT2D eigenvalue weighted by atomic mass is 10.0. The van der Waals surface area contributed by atoms with Crippen LogP contribution in [0.3, 0.4) is 0 Å². The van der Waals surface area contributed by atoms with Crippen molar-refractivity contribution >= 4 is 65.4 Å². The molecule has 10 rings (SSSR count). The summed E-state index contributed by atoms with van der Waals surface area (Å²) in [6, 6.07) is 47.5. The fourth-order valence-corrected chi connectivity index (χ4v) is 6.73. The van der Waals surface area contributed by atoms with Gasteiger partial charge in [0, 0.05) is 38.2 Å². The molecule has 5 heteroatoms. The Morgan fingerprint density at radius 2 is 1.02 bits per heavy atom. The van der Waals surface area contributed by atoms with Crippen molar-refractivity contribution in [3.8, 4) is 34.2 Å². The maximum atomic E-state index is 6.40. The number of aromatic nitrogens is 3. The van der Waals surface area contributed by atoms with E-state index in [2.05, 4.69) is 78.9 Å². The lowest BCUT2D eigenvalue weighted by molar-refractivity contribution is 0.669. The Bertz CT molecular complexity index is 2810. The zero-order valence-electron chi connectivity index (χ0n) is 24.4. The van der Waals surface area contributed by atoms with Crippen LogP contribution in [0.25, 0.3) is 99.6 Å². The van der Waals surface area contributed by atoms with Gasteiger partial charge in [0.1, 0.15) is 22.3 Å². The Balaban J connectivity index is 1.21. The van der Waals surface area contributed by atoms with Gasteiger partial charge in [-0.05, 0) is 57.9 Å². The number of fused-ring (bicyclic) bond motifs is 9. The van der Waals surface area contributed by atoms with Crippen LogP contribution in [0.15, 0.2) is 148 Å². The topological polar surface area (TPSA) is 65.0 Å². The van der Waals surface area contributed by atoms with Crippen LogP contribution < -0.4 is 0 Å². The summed E-state index contributed by atoms with van der Waals surface area (Å²) in [7, 11) is 0. The first-order valence-corrected chi connectivity index (χ1v) is 15.3. The molecule has 0 aliphatic carbocycles. The van der Waals surface area contributed by atoms with Crippen molar-refractivity contribution in [1.82, 2.24) is 15.0 Å². The second kappa shape index (κ2) is 9.58. The van der Waals surface area contributed by atoms with Crippen LogP contribution in [0.1, 0.15) is 0 Å². The monoisotopic (exact) mass is 589 g/mol. The molecule has 0 saturated heterocycles. The van der Waals surface area contributed by atoms with Gasteiger partial charge in [-0.25, -0.2) is 15.0 Å². The molecule has 0 amide bonds. The molecule has 3 heterocycles. The zero-order valence-corrected chi connectivity index (χ0v) is 24.4. The Morgan fingerprint density at radius 1 is 0.348 bits per heavy atom. The second-order valence-electron chi connectivity index (χ2n) is 11.6. The van der Waals surface area contributed by atoms with Gasteiger partial charge in [0.05, 0.1) is 0 Å². The number of benzene rings is 7. The Kier molecular flexibility index (Phi) is 5.22. The molecule has 7 aromatic carbocycles. The Hall–Kier alpha value is -6.33. The highest BCUT2D eigenvalue weighted by Gasteiger charge is 2.19. The molecule has 0 atom stereocenters. The van der Waals surface area contributed by atoms with E-state index in [4.69, 9.17) is 23.8 Å². The van der Waals surface area contributed by atoms with E-state index in [0.29, 0.717) is 17.5 Å². The molecule has 0 unspecified atom stereocenters. The summed E-state index contributed by atoms with van der Waals surface area (Å²) in [5.74, 6) is 1.76. The minimum atomic E-state index is 0.575. The van der Waals surface area contributed by atoms with E-state index in [9.17, 15) is 0 Å². The standard InChI is InChI=1S/C41H23N3O2/c1-2-10-25(11-3-1)39-42-40(28-17-19-30-35(23-28)46-34-20-18-24-9-6-7-14-29(24)37(30)34)44-41(43-39)31-15-8-16-33-38(31)32-21-26-12-4-5-13-27(26)22-36(32)45-33/h1-23H. The molecule has 0 spiro atoms. The van der Waals surface area contributed by atoms with Gasteiger partial charge in [-0.1, -0.05) is 103 Å². The van der Waals surface area contributed by atoms with E-state index in [1.54, 1.807) is 0 Å². The molecular weight excluding hydrogens is 566 g/mol. The number of furan rings is 2. The van der Waals surface area contributed by atoms with Crippen molar-refractivity contribution in [2.24, 2.45) is 0 Å². The molecule has 0 radical (unpaired) electrons. The van der Waals surface area contributed by atoms with E-state index in [1.807, 2.05) is 60.7 Å². The lowest BCUT2D eigenvalue weighted by Crippen LogP contribution is -2.00. The number of nitrogens with zero attached hydrogens (tertiary/aromatic N) is 3. The molecule has 46 heavy (non-hydrogen) atoms. The predicted molar refractivity (Wildman–Crippen MR) is 186 cm³/mol. The van der Waals surface area contributed by atoms with E-state index in [1.165, 1.54) is 10.8 Å². The van der Waals surface area contributed by atoms with Crippen molar-refractivity contribution in [3.63, 3.8) is 0 Å². The molecule has 5 nitrogen and oxygen atoms in total. The summed E-state index contributed by atoms with van der Waals surface area (Å²) in [6.07, 6.45) is 0. The summed E-state index contributed by atoms with van der Waals surface area (Å²) in [5, 5.41) is 8.85. The smallest absolute Gasteiger partial charge is 0.164 e. The van der Waals surface area contributed by atoms with Crippen molar-refractivity contribution in [2.45, 2.75) is 0 Å². The quantitative estimate of drug-likeness (QED) is 0.205. The molecule has 0 N–H and O–H groups in total. The first kappa shape index (κ1) is 25.0. The first-order chi connectivity index (χ1) is 22.8. The summed E-state index contributed by atoms with van der Waals surface area (Å²) >= 11 is 0. The highest BCUT2D eigenvalue weighted by Crippen LogP contribution is 2.39. The minimum absolute atomic E-state index is 0.575. The van der Waals surface area contributed by atoms with Crippen molar-refractivity contribution in [2.75, 3.05) is 0 Å². The lowest BCUT2D eigenvalue weighted by Gasteiger charge is -2.09. The predicted octanol–water partition coefficient (Wildman–Crippen LogP) is 11.0. The van der Waals surface area contributed by atoms with Gasteiger partial charge in [-0.15, -0.1) is 0 Å². The molecule has 0 saturated carbocycles. The maximum absolute atomic E-state index is 6.40. The number of hydrogen-bond donors (Lipinski definition) is 0. The van der Waals surface area contributed by atoms with E-state index >= 15 is 0 Å². The molecule has 10 aromatic rings. The number of hydrogen-bond acceptors (Lipinski definition) is 5. The average Bonchev–Trinajstić information content (AvgIpc) is 3.68. The number of rotatable bonds is 3. The van der Waals surface area contributed by atoms with E-state index in [-0.39, 0.29) is 0 Å². The van der Waals surface area contributed by atoms with Gasteiger partial charge in [0.2, 0.25) is 0 Å². The summed E-state index contributed by atoms with van der Waals surface area (Å²) in [6.45, 7) is 0. The third-order valence-corrected chi connectivity index (χ3v) is 8.89. The van der Waals surface area contributed by atoms with Gasteiger partial charge in [-0.3, -0.25) is 0 Å². The van der Waals surface area contributed by atoms with Gasteiger partial charge in [0.15, 0.2) is 17.5 Å². The highest BCUT2D eigenvalue weighted by molar-refractivity contribution is 6.19.